The van der Waals surface area contributed by atoms with Gasteiger partial charge in [-0.1, -0.05) is 13.7 Å². The lowest BCUT2D eigenvalue weighted by Gasteiger charge is -2.29. The van der Waals surface area contributed by atoms with Gasteiger partial charge in [0.1, 0.15) is 4.60 Å². The average Bonchev–Trinajstić information content (AvgIpc) is 1.91. The third-order valence-electron chi connectivity index (χ3n) is 1.16. The highest BCUT2D eigenvalue weighted by molar-refractivity contribution is 9.10. The van der Waals surface area contributed by atoms with Crippen molar-refractivity contribution in [3.05, 3.63) is 28.5 Å². The maximum absolute atomic E-state index is 10.3. The van der Waals surface area contributed by atoms with Crippen molar-refractivity contribution >= 4 is 23.5 Å². The highest BCUT2D eigenvalue weighted by Crippen LogP contribution is 2.28. The Labute approximate surface area is 77.9 Å². The van der Waals surface area contributed by atoms with Crippen LogP contribution in [0, 0.1) is 0 Å². The topological polar surface area (TPSA) is 76.1 Å². The molecule has 66 valence electrons. The number of aromatic nitrogens is 1. The summed E-state index contributed by atoms with van der Waals surface area (Å²) in [5, 5.41) is 0. The second kappa shape index (κ2) is 3.66. The fraction of sp³-hybridized carbons (Fsp3) is 0.167. The summed E-state index contributed by atoms with van der Waals surface area (Å²) in [6.07, 6.45) is 0.875. The van der Waals surface area contributed by atoms with Gasteiger partial charge in [0.2, 0.25) is 0 Å². The summed E-state index contributed by atoms with van der Waals surface area (Å²) in [7, 11) is -4.46. The molecule has 4 nitrogen and oxygen atoms in total. The molecular formula is C6H5BrNO3P-2. The number of hydrogen-bond acceptors (Lipinski definition) is 4. The molecule has 0 amide bonds. The monoisotopic (exact) mass is 249 g/mol. The van der Waals surface area contributed by atoms with E-state index in [0.29, 0.717) is 10.2 Å². The van der Waals surface area contributed by atoms with E-state index in [1.54, 1.807) is 12.1 Å². The Hall–Kier alpha value is -0.220. The van der Waals surface area contributed by atoms with Crippen molar-refractivity contribution in [2.45, 2.75) is 6.16 Å². The lowest BCUT2D eigenvalue weighted by atomic mass is 10.3. The van der Waals surface area contributed by atoms with E-state index in [2.05, 4.69) is 20.9 Å². The van der Waals surface area contributed by atoms with Crippen LogP contribution < -0.4 is 9.79 Å². The molecule has 1 aromatic heterocycles. The molecule has 1 aromatic rings. The fourth-order valence-electron chi connectivity index (χ4n) is 0.724. The van der Waals surface area contributed by atoms with Crippen LogP contribution in [0.4, 0.5) is 0 Å². The molecule has 0 saturated carbocycles. The van der Waals surface area contributed by atoms with Gasteiger partial charge in [-0.15, -0.1) is 0 Å². The summed E-state index contributed by atoms with van der Waals surface area (Å²) < 4.78 is 10.9. The summed E-state index contributed by atoms with van der Waals surface area (Å²) in [5.74, 6) is 0. The molecule has 0 aliphatic carbocycles. The zero-order valence-corrected chi connectivity index (χ0v) is 8.42. The van der Waals surface area contributed by atoms with Crippen LogP contribution in [-0.4, -0.2) is 4.98 Å². The molecule has 0 aromatic carbocycles. The Bertz CT molecular complexity index is 307. The molecule has 0 aliphatic heterocycles. The molecule has 0 N–H and O–H groups in total. The van der Waals surface area contributed by atoms with Gasteiger partial charge in [-0.2, -0.15) is 0 Å². The maximum Gasteiger partial charge on any atom is 0.106 e. The maximum atomic E-state index is 10.3. The number of pyridine rings is 1. The summed E-state index contributed by atoms with van der Waals surface area (Å²) in [6.45, 7) is 0. The van der Waals surface area contributed by atoms with Crippen molar-refractivity contribution in [1.82, 2.24) is 4.98 Å². The summed E-state index contributed by atoms with van der Waals surface area (Å²) in [4.78, 5) is 24.4. The zero-order valence-electron chi connectivity index (χ0n) is 5.94. The lowest BCUT2D eigenvalue weighted by Crippen LogP contribution is -2.15. The molecule has 0 spiro atoms. The first-order valence-electron chi connectivity index (χ1n) is 3.09. The van der Waals surface area contributed by atoms with Crippen molar-refractivity contribution in [3.8, 4) is 0 Å². The highest BCUT2D eigenvalue weighted by Gasteiger charge is 1.96. The van der Waals surface area contributed by atoms with Crippen molar-refractivity contribution < 1.29 is 14.4 Å². The smallest absolute Gasteiger partial charge is 0.106 e. The van der Waals surface area contributed by atoms with Crippen LogP contribution >= 0.6 is 23.5 Å². The van der Waals surface area contributed by atoms with E-state index in [1.807, 2.05) is 0 Å². The minimum Gasteiger partial charge on any atom is -0.810 e. The molecule has 12 heavy (non-hydrogen) atoms. The van der Waals surface area contributed by atoms with Crippen LogP contribution in [0.1, 0.15) is 5.56 Å². The Kier molecular flexibility index (Phi) is 3.01. The van der Waals surface area contributed by atoms with E-state index in [0.717, 1.165) is 0 Å². The molecule has 0 fully saturated rings. The van der Waals surface area contributed by atoms with E-state index >= 15 is 0 Å². The predicted molar refractivity (Wildman–Crippen MR) is 43.2 cm³/mol. The minimum absolute atomic E-state index is 0.409. The van der Waals surface area contributed by atoms with E-state index in [1.165, 1.54) is 6.20 Å². The van der Waals surface area contributed by atoms with Crippen LogP contribution in [-0.2, 0) is 10.7 Å². The van der Waals surface area contributed by atoms with Gasteiger partial charge in [-0.3, -0.25) is 0 Å². The Morgan fingerprint density at radius 1 is 1.50 bits per heavy atom. The molecular weight excluding hydrogens is 245 g/mol. The SMILES string of the molecule is O=P([O-])([O-])Cc1ccc(Br)nc1. The molecule has 0 atom stereocenters. The van der Waals surface area contributed by atoms with Gasteiger partial charge >= 0.3 is 0 Å². The summed E-state index contributed by atoms with van der Waals surface area (Å²) in [5.41, 5.74) is 0.409. The first kappa shape index (κ1) is 9.86. The molecule has 1 heterocycles. The standard InChI is InChI=1S/C6H7BrNO3P/c7-6-2-1-5(3-8-6)4-12(9,10)11/h1-3H,4H2,(H2,9,10,11)/p-2. The second-order valence-electron chi connectivity index (χ2n) is 2.26. The highest BCUT2D eigenvalue weighted by atomic mass is 79.9. The van der Waals surface area contributed by atoms with E-state index in [-0.39, 0.29) is 0 Å². The number of halogens is 1. The van der Waals surface area contributed by atoms with Gasteiger partial charge in [0, 0.05) is 12.4 Å². The van der Waals surface area contributed by atoms with Gasteiger partial charge in [-0.25, -0.2) is 4.98 Å². The Morgan fingerprint density at radius 3 is 2.58 bits per heavy atom. The van der Waals surface area contributed by atoms with Gasteiger partial charge in [-0.05, 0) is 27.6 Å². The van der Waals surface area contributed by atoms with Crippen LogP contribution in [0.2, 0.25) is 0 Å². The summed E-state index contributed by atoms with van der Waals surface area (Å²) >= 11 is 3.09. The molecule has 0 saturated heterocycles. The van der Waals surface area contributed by atoms with Crippen molar-refractivity contribution in [2.24, 2.45) is 0 Å². The molecule has 0 unspecified atom stereocenters. The third-order valence-corrected chi connectivity index (χ3v) is 2.39. The van der Waals surface area contributed by atoms with E-state index < -0.39 is 13.8 Å². The minimum atomic E-state index is -4.46. The third kappa shape index (κ3) is 3.45. The van der Waals surface area contributed by atoms with Crippen molar-refractivity contribution in [1.29, 1.82) is 0 Å². The van der Waals surface area contributed by atoms with Crippen LogP contribution in [0.5, 0.6) is 0 Å². The fourth-order valence-corrected chi connectivity index (χ4v) is 1.59. The quantitative estimate of drug-likeness (QED) is 0.557. The molecule has 0 radical (unpaired) electrons. The van der Waals surface area contributed by atoms with Gasteiger partial charge in [0.25, 0.3) is 0 Å². The normalized spacial score (nSPS) is 11.6. The van der Waals surface area contributed by atoms with E-state index in [4.69, 9.17) is 0 Å². The van der Waals surface area contributed by atoms with Crippen LogP contribution in [0.3, 0.4) is 0 Å². The molecule has 1 rings (SSSR count). The number of hydrogen-bond donors (Lipinski definition) is 0. The second-order valence-corrected chi connectivity index (χ2v) is 4.61. The van der Waals surface area contributed by atoms with Gasteiger partial charge < -0.3 is 14.4 Å². The Morgan fingerprint density at radius 2 is 2.17 bits per heavy atom. The Balaban J connectivity index is 2.78. The molecule has 6 heteroatoms. The average molecular weight is 250 g/mol. The van der Waals surface area contributed by atoms with Gasteiger partial charge in [0.15, 0.2) is 0 Å². The van der Waals surface area contributed by atoms with Crippen LogP contribution in [0.15, 0.2) is 22.9 Å². The van der Waals surface area contributed by atoms with Crippen molar-refractivity contribution in [3.63, 3.8) is 0 Å². The molecule has 0 bridgehead atoms. The van der Waals surface area contributed by atoms with Crippen LogP contribution in [0.25, 0.3) is 0 Å². The lowest BCUT2D eigenvalue weighted by molar-refractivity contribution is -0.314. The zero-order chi connectivity index (χ0) is 9.19. The van der Waals surface area contributed by atoms with Crippen molar-refractivity contribution in [2.75, 3.05) is 0 Å². The first-order valence-corrected chi connectivity index (χ1v) is 5.61. The number of nitrogens with zero attached hydrogens (tertiary/aromatic N) is 1. The predicted octanol–water partition coefficient (Wildman–Crippen LogP) is 0.258. The number of rotatable bonds is 2. The van der Waals surface area contributed by atoms with E-state index in [9.17, 15) is 14.4 Å². The molecule has 0 aliphatic rings. The largest absolute Gasteiger partial charge is 0.810 e. The first-order chi connectivity index (χ1) is 5.47. The van der Waals surface area contributed by atoms with Gasteiger partial charge in [0.05, 0.1) is 0 Å². The summed E-state index contributed by atoms with van der Waals surface area (Å²) in [6, 6.07) is 3.13.